The van der Waals surface area contributed by atoms with Crippen LogP contribution in [-0.4, -0.2) is 161 Å². The van der Waals surface area contributed by atoms with E-state index < -0.39 is 138 Å². The van der Waals surface area contributed by atoms with Gasteiger partial charge in [-0.05, 0) is 92.9 Å². The third kappa shape index (κ3) is 20.0. The van der Waals surface area contributed by atoms with Crippen LogP contribution in [0.3, 0.4) is 0 Å². The maximum absolute atomic E-state index is 15.2. The summed E-state index contributed by atoms with van der Waals surface area (Å²) in [7, 11) is 4.21. The van der Waals surface area contributed by atoms with Crippen LogP contribution in [-0.2, 0) is 65.6 Å². The molecule has 10 amide bonds. The number of nitrogens with zero attached hydrogens (tertiary/aromatic N) is 2. The minimum Gasteiger partial charge on any atom is -0.497 e. The summed E-state index contributed by atoms with van der Waals surface area (Å²) < 4.78 is 4.61. The van der Waals surface area contributed by atoms with Crippen LogP contribution in [0.1, 0.15) is 114 Å². The number of nitrogens with two attached hydrogens (primary N) is 4. The van der Waals surface area contributed by atoms with E-state index in [1.165, 1.54) is 33.6 Å². The molecule has 2 heterocycles. The lowest BCUT2D eigenvalue weighted by atomic mass is 9.76. The van der Waals surface area contributed by atoms with Crippen LogP contribution in [0, 0.1) is 11.8 Å². The molecule has 0 radical (unpaired) electrons. The SMILES string of the molecule is COc1ccc(C[C@H]2NC(=O)CC(C3CCCC3)(C3CCCC3)SSC[C@@H](C(=O)N3CCC[C@@H]3C(=O)N[C@@H](CCCN=C(N)N)C(=O)NCC(=O)O)NC(=O)[C@H](CC(N)=O)NC(=O)[C@@H](CCC(N)=O)NC(=O)[C@H](Cc3ccccc3)NC2=O)cc1. The molecule has 7 atom stereocenters. The quantitative estimate of drug-likeness (QED) is 0.0311. The Balaban J connectivity index is 1.42. The molecule has 0 spiro atoms. The summed E-state index contributed by atoms with van der Waals surface area (Å²) in [6.07, 6.45) is 5.63. The number of benzene rings is 2. The summed E-state index contributed by atoms with van der Waals surface area (Å²) in [5.74, 6) is -9.43. The van der Waals surface area contributed by atoms with Gasteiger partial charge in [0, 0.05) is 49.3 Å². The number of nitrogens with one attached hydrogen (secondary N) is 7. The second-order valence-corrected chi connectivity index (χ2v) is 24.8. The third-order valence-corrected chi connectivity index (χ3v) is 19.3. The summed E-state index contributed by atoms with van der Waals surface area (Å²) in [4.78, 5) is 158. The number of hydrogen-bond acceptors (Lipinski definition) is 15. The average molecular weight is 1220 g/mol. The Hall–Kier alpha value is -7.62. The van der Waals surface area contributed by atoms with Crippen molar-refractivity contribution in [3.8, 4) is 5.75 Å². The van der Waals surface area contributed by atoms with Crippen molar-refractivity contribution in [1.82, 2.24) is 42.1 Å². The number of amides is 10. The Morgan fingerprint density at radius 2 is 1.31 bits per heavy atom. The van der Waals surface area contributed by atoms with Gasteiger partial charge in [-0.2, -0.15) is 0 Å². The molecule has 85 heavy (non-hydrogen) atoms. The number of hydrogen-bond donors (Lipinski definition) is 12. The topological polar surface area (TPSA) is 421 Å². The predicted molar refractivity (Wildman–Crippen MR) is 317 cm³/mol. The van der Waals surface area contributed by atoms with Gasteiger partial charge in [0.15, 0.2) is 5.96 Å². The molecule has 2 saturated carbocycles. The number of primary amides is 2. The normalized spacial score (nSPS) is 23.4. The highest BCUT2D eigenvalue weighted by atomic mass is 33.1. The molecule has 6 rings (SSSR count). The van der Waals surface area contributed by atoms with E-state index in [0.717, 1.165) is 51.4 Å². The maximum atomic E-state index is 15.2. The first-order chi connectivity index (χ1) is 40.7. The molecule has 4 aliphatic rings. The van der Waals surface area contributed by atoms with E-state index in [-0.39, 0.29) is 75.2 Å². The van der Waals surface area contributed by atoms with Crippen molar-refractivity contribution >= 4 is 92.6 Å². The Kier molecular flexibility index (Phi) is 25.5. The van der Waals surface area contributed by atoms with E-state index in [1.807, 2.05) is 0 Å². The lowest BCUT2D eigenvalue weighted by molar-refractivity contribution is -0.142. The fourth-order valence-corrected chi connectivity index (χ4v) is 15.5. The van der Waals surface area contributed by atoms with E-state index in [9.17, 15) is 48.3 Å². The van der Waals surface area contributed by atoms with E-state index in [2.05, 4.69) is 42.2 Å². The van der Waals surface area contributed by atoms with E-state index in [0.29, 0.717) is 23.3 Å². The first-order valence-electron chi connectivity index (χ1n) is 28.9. The van der Waals surface area contributed by atoms with E-state index in [4.69, 9.17) is 27.7 Å². The molecule has 0 bridgehead atoms. The zero-order valence-corrected chi connectivity index (χ0v) is 49.4. The van der Waals surface area contributed by atoms with Gasteiger partial charge in [-0.1, -0.05) is 89.7 Å². The van der Waals surface area contributed by atoms with Gasteiger partial charge in [-0.3, -0.25) is 57.7 Å². The van der Waals surface area contributed by atoms with Crippen LogP contribution in [0.25, 0.3) is 0 Å². The van der Waals surface area contributed by atoms with Gasteiger partial charge in [-0.15, -0.1) is 0 Å². The van der Waals surface area contributed by atoms with Crippen molar-refractivity contribution in [3.63, 3.8) is 0 Å². The van der Waals surface area contributed by atoms with Crippen molar-refractivity contribution in [3.05, 3.63) is 65.7 Å². The summed E-state index contributed by atoms with van der Waals surface area (Å²) in [5.41, 5.74) is 23.4. The smallest absolute Gasteiger partial charge is 0.322 e. The molecule has 16 N–H and O–H groups in total. The number of methoxy groups -OCH3 is 1. The molecule has 2 aromatic rings. The number of guanidine groups is 1. The zero-order chi connectivity index (χ0) is 61.6. The van der Waals surface area contributed by atoms with Crippen LogP contribution in [0.4, 0.5) is 0 Å². The van der Waals surface area contributed by atoms with Crippen molar-refractivity contribution in [2.75, 3.05) is 32.5 Å². The number of ether oxygens (including phenoxy) is 1. The maximum Gasteiger partial charge on any atom is 0.322 e. The Morgan fingerprint density at radius 3 is 1.89 bits per heavy atom. The highest BCUT2D eigenvalue weighted by Gasteiger charge is 2.50. The average Bonchev–Trinajstić information content (AvgIpc) is 2.92. The first kappa shape index (κ1) is 66.5. The Bertz CT molecular complexity index is 2710. The Morgan fingerprint density at radius 1 is 0.729 bits per heavy atom. The van der Waals surface area contributed by atoms with Crippen molar-refractivity contribution in [1.29, 1.82) is 0 Å². The summed E-state index contributed by atoms with van der Waals surface area (Å²) in [6, 6.07) is 5.69. The van der Waals surface area contributed by atoms with Crippen LogP contribution in [0.15, 0.2) is 59.6 Å². The van der Waals surface area contributed by atoms with E-state index in [1.54, 1.807) is 54.6 Å². The molecule has 2 saturated heterocycles. The minimum absolute atomic E-state index is 0.00903. The van der Waals surface area contributed by atoms with Crippen LogP contribution < -0.4 is 64.9 Å². The predicted octanol–water partition coefficient (Wildman–Crippen LogP) is -0.320. The highest BCUT2D eigenvalue weighted by Crippen LogP contribution is 2.57. The number of likely N-dealkylation sites (tertiary alicyclic amines) is 1. The molecular weight excluding hydrogens is 1140 g/mol. The second kappa shape index (κ2) is 32.6. The minimum atomic E-state index is -1.78. The first-order valence-corrected chi connectivity index (χ1v) is 31.2. The molecule has 0 unspecified atom stereocenters. The largest absolute Gasteiger partial charge is 0.497 e. The number of rotatable bonds is 22. The van der Waals surface area contributed by atoms with Crippen LogP contribution in [0.2, 0.25) is 0 Å². The zero-order valence-electron chi connectivity index (χ0n) is 47.8. The Labute approximate surface area is 501 Å². The van der Waals surface area contributed by atoms with Crippen LogP contribution >= 0.6 is 21.6 Å². The monoisotopic (exact) mass is 1220 g/mol. The summed E-state index contributed by atoms with van der Waals surface area (Å²) in [6.45, 7) is -0.638. The van der Waals surface area contributed by atoms with E-state index >= 15 is 9.59 Å². The molecule has 0 aromatic heterocycles. The third-order valence-electron chi connectivity index (χ3n) is 15.9. The van der Waals surface area contributed by atoms with Gasteiger partial charge in [0.05, 0.1) is 13.5 Å². The fraction of sp³-hybridized carbons (Fsp3) is 0.579. The van der Waals surface area contributed by atoms with Gasteiger partial charge in [-0.25, -0.2) is 0 Å². The summed E-state index contributed by atoms with van der Waals surface area (Å²) in [5, 5.41) is 28.0. The molecule has 2 aliphatic carbocycles. The van der Waals surface area contributed by atoms with Crippen molar-refractivity contribution in [2.45, 2.75) is 163 Å². The highest BCUT2D eigenvalue weighted by molar-refractivity contribution is 8.77. The summed E-state index contributed by atoms with van der Waals surface area (Å²) >= 11 is 0. The lowest BCUT2D eigenvalue weighted by Gasteiger charge is -2.43. The van der Waals surface area contributed by atoms with Gasteiger partial charge in [0.2, 0.25) is 59.1 Å². The van der Waals surface area contributed by atoms with Crippen molar-refractivity contribution < 1.29 is 62.6 Å². The number of carbonyl (C=O) groups excluding carboxylic acids is 10. The number of carbonyl (C=O) groups is 11. The number of aliphatic imine (C=N–C) groups is 1. The molecule has 2 aromatic carbocycles. The standard InChI is InChI=1S/C57H81N13O13S2/c1-83-37-21-19-34(20-22-37)28-40-51(78)67-41(27-33-11-3-2-4-12-33)52(79)65-39(23-24-45(58)71)50(77)68-42(29-46(59)72)53(80)69-43(32-84-85-57(30-47(73)64-40,35-13-5-6-14-35)36-15-7-8-16-36)55(82)70-26-10-18-44(70)54(81)66-38(17-9-25-62-56(60)61)49(76)63-31-48(74)75/h2-4,11-12,19-22,35-36,38-44H,5-10,13-18,23-32H2,1H3,(H2,58,71)(H2,59,72)(H,63,76)(H,64,73)(H,65,79)(H,66,81)(H,67,78)(H,68,77)(H,69,80)(H,74,75)(H4,60,61,62)/t38-,39+,40+,41-,42-,43-,44+/m0/s1. The molecule has 26 nitrogen and oxygen atoms in total. The number of carboxylic acids is 1. The van der Waals surface area contributed by atoms with Gasteiger partial charge in [0.25, 0.3) is 0 Å². The molecule has 464 valence electrons. The van der Waals surface area contributed by atoms with Gasteiger partial charge >= 0.3 is 5.97 Å². The number of carboxylic acid groups (broad SMARTS) is 1. The number of aliphatic carboxylic acids is 1. The lowest BCUT2D eigenvalue weighted by Crippen LogP contribution is -2.61. The fourth-order valence-electron chi connectivity index (χ4n) is 11.6. The van der Waals surface area contributed by atoms with Crippen molar-refractivity contribution in [2.24, 2.45) is 39.8 Å². The van der Waals surface area contributed by atoms with Gasteiger partial charge < -0.3 is 74.9 Å². The van der Waals surface area contributed by atoms with Gasteiger partial charge in [0.1, 0.15) is 54.6 Å². The molecule has 28 heteroatoms. The van der Waals surface area contributed by atoms with Crippen LogP contribution in [0.5, 0.6) is 5.75 Å². The molecule has 4 fully saturated rings. The molecule has 2 aliphatic heterocycles. The second-order valence-electron chi connectivity index (χ2n) is 22.1. The molecular formula is C57H81N13O13S2.